The van der Waals surface area contributed by atoms with Crippen LogP contribution >= 0.6 is 11.6 Å². The standard InChI is InChI=1S/C23H22ClN5O2/c1-4-29-14(2)16(12-25-29)13-28(3)23(31)21-19-11-17(24)8-9-20(19)26-22(27-21)15-6-5-7-18(30)10-15/h5-12,30H,4,13H2,1-3H3. The highest BCUT2D eigenvalue weighted by Gasteiger charge is 2.21. The van der Waals surface area contributed by atoms with E-state index in [0.717, 1.165) is 17.8 Å². The van der Waals surface area contributed by atoms with Crippen LogP contribution in [0.4, 0.5) is 0 Å². The number of halogens is 1. The van der Waals surface area contributed by atoms with Crippen molar-refractivity contribution in [2.45, 2.75) is 26.9 Å². The average Bonchev–Trinajstić information content (AvgIpc) is 3.11. The Morgan fingerprint density at radius 2 is 2.00 bits per heavy atom. The van der Waals surface area contributed by atoms with Crippen molar-refractivity contribution in [1.29, 1.82) is 0 Å². The maximum Gasteiger partial charge on any atom is 0.273 e. The van der Waals surface area contributed by atoms with Crippen molar-refractivity contribution in [3.8, 4) is 17.1 Å². The number of hydrogen-bond acceptors (Lipinski definition) is 5. The zero-order valence-electron chi connectivity index (χ0n) is 17.5. The molecule has 8 heteroatoms. The van der Waals surface area contributed by atoms with E-state index in [2.05, 4.69) is 15.1 Å². The second-order valence-electron chi connectivity index (χ2n) is 7.34. The summed E-state index contributed by atoms with van der Waals surface area (Å²) < 4.78 is 1.90. The summed E-state index contributed by atoms with van der Waals surface area (Å²) in [4.78, 5) is 24.2. The van der Waals surface area contributed by atoms with E-state index < -0.39 is 0 Å². The lowest BCUT2D eigenvalue weighted by Crippen LogP contribution is -2.27. The molecule has 0 atom stereocenters. The summed E-state index contributed by atoms with van der Waals surface area (Å²) in [5.41, 5.74) is 3.48. The van der Waals surface area contributed by atoms with E-state index in [9.17, 15) is 9.90 Å². The molecule has 0 saturated heterocycles. The van der Waals surface area contributed by atoms with Gasteiger partial charge in [0.2, 0.25) is 0 Å². The average molecular weight is 436 g/mol. The molecule has 7 nitrogen and oxygen atoms in total. The van der Waals surface area contributed by atoms with Crippen molar-refractivity contribution in [1.82, 2.24) is 24.6 Å². The number of aromatic nitrogens is 4. The second kappa shape index (κ2) is 8.35. The van der Waals surface area contributed by atoms with Gasteiger partial charge >= 0.3 is 0 Å². The molecule has 158 valence electrons. The lowest BCUT2D eigenvalue weighted by atomic mass is 10.1. The number of carbonyl (C=O) groups is 1. The quantitative estimate of drug-likeness (QED) is 0.500. The van der Waals surface area contributed by atoms with E-state index >= 15 is 0 Å². The van der Waals surface area contributed by atoms with Gasteiger partial charge in [0.25, 0.3) is 5.91 Å². The van der Waals surface area contributed by atoms with Crippen molar-refractivity contribution in [2.24, 2.45) is 0 Å². The fourth-order valence-electron chi connectivity index (χ4n) is 3.51. The normalized spacial score (nSPS) is 11.1. The zero-order valence-corrected chi connectivity index (χ0v) is 18.3. The van der Waals surface area contributed by atoms with Gasteiger partial charge < -0.3 is 10.0 Å². The topological polar surface area (TPSA) is 84.1 Å². The lowest BCUT2D eigenvalue weighted by Gasteiger charge is -2.18. The van der Waals surface area contributed by atoms with E-state index in [1.54, 1.807) is 60.6 Å². The molecule has 0 saturated carbocycles. The Morgan fingerprint density at radius 1 is 1.19 bits per heavy atom. The van der Waals surface area contributed by atoms with Gasteiger partial charge in [-0.1, -0.05) is 23.7 Å². The van der Waals surface area contributed by atoms with Crippen molar-refractivity contribution >= 4 is 28.4 Å². The van der Waals surface area contributed by atoms with Gasteiger partial charge in [-0.15, -0.1) is 0 Å². The highest BCUT2D eigenvalue weighted by molar-refractivity contribution is 6.31. The van der Waals surface area contributed by atoms with Crippen LogP contribution in [-0.4, -0.2) is 42.7 Å². The third-order valence-electron chi connectivity index (χ3n) is 5.22. The first-order chi connectivity index (χ1) is 14.9. The molecule has 4 rings (SSSR count). The Labute approximate surface area is 184 Å². The number of amides is 1. The van der Waals surface area contributed by atoms with Gasteiger partial charge in [-0.25, -0.2) is 9.97 Å². The SMILES string of the molecule is CCn1ncc(CN(C)C(=O)c2nc(-c3cccc(O)c3)nc3ccc(Cl)cc23)c1C. The first kappa shape index (κ1) is 20.8. The molecule has 0 bridgehead atoms. The predicted octanol–water partition coefficient (Wildman–Crippen LogP) is 4.45. The monoisotopic (exact) mass is 435 g/mol. The zero-order chi connectivity index (χ0) is 22.1. The largest absolute Gasteiger partial charge is 0.508 e. The van der Waals surface area contributed by atoms with Gasteiger partial charge in [0.1, 0.15) is 11.4 Å². The number of hydrogen-bond donors (Lipinski definition) is 1. The van der Waals surface area contributed by atoms with Crippen molar-refractivity contribution in [2.75, 3.05) is 7.05 Å². The van der Waals surface area contributed by atoms with Crippen LogP contribution in [0.2, 0.25) is 5.02 Å². The van der Waals surface area contributed by atoms with Crippen LogP contribution in [0.15, 0.2) is 48.7 Å². The van der Waals surface area contributed by atoms with Gasteiger partial charge in [0, 0.05) is 47.4 Å². The first-order valence-corrected chi connectivity index (χ1v) is 10.3. The van der Waals surface area contributed by atoms with Crippen LogP contribution in [0, 0.1) is 6.92 Å². The minimum Gasteiger partial charge on any atom is -0.508 e. The molecule has 0 aliphatic rings. The van der Waals surface area contributed by atoms with Gasteiger partial charge in [-0.2, -0.15) is 5.10 Å². The first-order valence-electron chi connectivity index (χ1n) is 9.90. The summed E-state index contributed by atoms with van der Waals surface area (Å²) in [5.74, 6) is 0.211. The fourth-order valence-corrected chi connectivity index (χ4v) is 3.68. The molecule has 1 amide bonds. The van der Waals surface area contributed by atoms with Gasteiger partial charge in [0.05, 0.1) is 11.7 Å². The molecule has 0 unspecified atom stereocenters. The molecule has 0 fully saturated rings. The highest BCUT2D eigenvalue weighted by atomic mass is 35.5. The smallest absolute Gasteiger partial charge is 0.273 e. The number of aromatic hydroxyl groups is 1. The second-order valence-corrected chi connectivity index (χ2v) is 7.78. The Bertz CT molecular complexity index is 1280. The Hall–Kier alpha value is -3.45. The molecular weight excluding hydrogens is 414 g/mol. The molecule has 31 heavy (non-hydrogen) atoms. The van der Waals surface area contributed by atoms with Gasteiger partial charge in [-0.3, -0.25) is 9.48 Å². The van der Waals surface area contributed by atoms with Crippen LogP contribution in [0.3, 0.4) is 0 Å². The summed E-state index contributed by atoms with van der Waals surface area (Å²) in [7, 11) is 1.73. The number of aryl methyl sites for hydroxylation is 1. The maximum absolute atomic E-state index is 13.4. The summed E-state index contributed by atoms with van der Waals surface area (Å²) in [5, 5.41) is 15.3. The molecule has 2 aromatic carbocycles. The molecule has 1 N–H and O–H groups in total. The van der Waals surface area contributed by atoms with Crippen molar-refractivity contribution < 1.29 is 9.90 Å². The van der Waals surface area contributed by atoms with Crippen LogP contribution < -0.4 is 0 Å². The minimum absolute atomic E-state index is 0.103. The summed E-state index contributed by atoms with van der Waals surface area (Å²) in [6.45, 7) is 5.19. The molecule has 0 aliphatic heterocycles. The van der Waals surface area contributed by atoms with Crippen molar-refractivity contribution in [3.05, 3.63) is 70.6 Å². The molecule has 2 heterocycles. The number of nitrogens with zero attached hydrogens (tertiary/aromatic N) is 5. The van der Waals surface area contributed by atoms with Crippen LogP contribution in [-0.2, 0) is 13.1 Å². The Balaban J connectivity index is 1.77. The summed E-state index contributed by atoms with van der Waals surface area (Å²) in [6, 6.07) is 11.8. The van der Waals surface area contributed by atoms with Crippen LogP contribution in [0.1, 0.15) is 28.7 Å². The van der Waals surface area contributed by atoms with E-state index in [1.165, 1.54) is 0 Å². The van der Waals surface area contributed by atoms with Crippen molar-refractivity contribution in [3.63, 3.8) is 0 Å². The van der Waals surface area contributed by atoms with E-state index in [0.29, 0.717) is 33.9 Å². The lowest BCUT2D eigenvalue weighted by molar-refractivity contribution is 0.0781. The number of fused-ring (bicyclic) bond motifs is 1. The minimum atomic E-state index is -0.250. The molecule has 0 aliphatic carbocycles. The third-order valence-corrected chi connectivity index (χ3v) is 5.46. The molecule has 0 radical (unpaired) electrons. The van der Waals surface area contributed by atoms with Gasteiger partial charge in [0.15, 0.2) is 5.82 Å². The number of rotatable bonds is 5. The summed E-state index contributed by atoms with van der Waals surface area (Å²) >= 11 is 6.20. The van der Waals surface area contributed by atoms with Crippen LogP contribution in [0.5, 0.6) is 5.75 Å². The Kier molecular flexibility index (Phi) is 5.61. The molecule has 4 aromatic rings. The number of phenolic OH excluding ortho intramolecular Hbond substituents is 1. The maximum atomic E-state index is 13.4. The number of phenols is 1. The molecule has 2 aromatic heterocycles. The molecular formula is C23H22ClN5O2. The van der Waals surface area contributed by atoms with Gasteiger partial charge in [-0.05, 0) is 44.2 Å². The molecule has 0 spiro atoms. The van der Waals surface area contributed by atoms with E-state index in [-0.39, 0.29) is 17.4 Å². The number of carbonyl (C=O) groups excluding carboxylic acids is 1. The Morgan fingerprint density at radius 3 is 2.71 bits per heavy atom. The fraction of sp³-hybridized carbons (Fsp3) is 0.217. The number of benzene rings is 2. The summed E-state index contributed by atoms with van der Waals surface area (Å²) in [6.07, 6.45) is 1.79. The van der Waals surface area contributed by atoms with E-state index in [1.807, 2.05) is 18.5 Å². The highest BCUT2D eigenvalue weighted by Crippen LogP contribution is 2.27. The van der Waals surface area contributed by atoms with E-state index in [4.69, 9.17) is 11.6 Å². The van der Waals surface area contributed by atoms with Crippen LogP contribution in [0.25, 0.3) is 22.3 Å². The predicted molar refractivity (Wildman–Crippen MR) is 120 cm³/mol. The third kappa shape index (κ3) is 4.09.